The van der Waals surface area contributed by atoms with Crippen LogP contribution in [0.25, 0.3) is 5.65 Å². The number of ether oxygens (including phenoxy) is 1. The molecule has 5 heteroatoms. The lowest BCUT2D eigenvalue weighted by Gasteiger charge is -2.19. The van der Waals surface area contributed by atoms with Crippen LogP contribution in [0.3, 0.4) is 0 Å². The van der Waals surface area contributed by atoms with Crippen LogP contribution in [-0.2, 0) is 4.74 Å². The average Bonchev–Trinajstić information content (AvgIpc) is 2.74. The van der Waals surface area contributed by atoms with E-state index >= 15 is 0 Å². The molecule has 2 aromatic rings. The summed E-state index contributed by atoms with van der Waals surface area (Å²) in [6.07, 6.45) is 5.68. The molecule has 3 rings (SSSR count). The first-order valence-electron chi connectivity index (χ1n) is 5.65. The molecule has 3 heterocycles. The fraction of sp³-hybridized carbons (Fsp3) is 0.417. The second kappa shape index (κ2) is 4.38. The first-order valence-corrected chi connectivity index (χ1v) is 6.45. The van der Waals surface area contributed by atoms with E-state index < -0.39 is 0 Å². The molecule has 0 unspecified atom stereocenters. The number of halogens is 2. The quantitative estimate of drug-likeness (QED) is 0.809. The molecule has 0 spiro atoms. The van der Waals surface area contributed by atoms with E-state index in [1.54, 1.807) is 6.20 Å². The van der Waals surface area contributed by atoms with Gasteiger partial charge in [-0.05, 0) is 28.8 Å². The van der Waals surface area contributed by atoms with Crippen molar-refractivity contribution in [1.82, 2.24) is 9.38 Å². The smallest absolute Gasteiger partial charge is 0.142 e. The van der Waals surface area contributed by atoms with Crippen LogP contribution in [0.2, 0.25) is 0 Å². The summed E-state index contributed by atoms with van der Waals surface area (Å²) in [4.78, 5) is 4.48. The molecular formula is C12H12BrFN2O. The van der Waals surface area contributed by atoms with Crippen LogP contribution in [0.1, 0.15) is 24.5 Å². The average molecular weight is 299 g/mol. The first-order chi connectivity index (χ1) is 8.24. The highest BCUT2D eigenvalue weighted by atomic mass is 79.9. The van der Waals surface area contributed by atoms with Crippen molar-refractivity contribution in [1.29, 1.82) is 0 Å². The third-order valence-electron chi connectivity index (χ3n) is 3.16. The number of imidazole rings is 1. The minimum absolute atomic E-state index is 0.276. The van der Waals surface area contributed by atoms with E-state index in [1.807, 2.05) is 10.6 Å². The normalized spacial score (nSPS) is 17.8. The van der Waals surface area contributed by atoms with Gasteiger partial charge in [0.1, 0.15) is 11.5 Å². The third kappa shape index (κ3) is 2.09. The van der Waals surface area contributed by atoms with Crippen molar-refractivity contribution < 1.29 is 9.13 Å². The predicted octanol–water partition coefficient (Wildman–Crippen LogP) is 3.13. The molecule has 90 valence electrons. The van der Waals surface area contributed by atoms with Crippen molar-refractivity contribution in [2.45, 2.75) is 18.8 Å². The zero-order chi connectivity index (χ0) is 11.8. The van der Waals surface area contributed by atoms with Gasteiger partial charge in [0.25, 0.3) is 0 Å². The Morgan fingerprint density at radius 2 is 2.12 bits per heavy atom. The molecule has 1 saturated heterocycles. The van der Waals surface area contributed by atoms with E-state index in [9.17, 15) is 4.39 Å². The highest BCUT2D eigenvalue weighted by molar-refractivity contribution is 9.10. The van der Waals surface area contributed by atoms with Crippen LogP contribution in [-0.4, -0.2) is 22.6 Å². The molecule has 0 aromatic carbocycles. The van der Waals surface area contributed by atoms with Gasteiger partial charge in [-0.15, -0.1) is 0 Å². The molecule has 0 N–H and O–H groups in total. The van der Waals surface area contributed by atoms with Crippen LogP contribution < -0.4 is 0 Å². The second-order valence-electron chi connectivity index (χ2n) is 4.29. The maximum absolute atomic E-state index is 13.4. The maximum atomic E-state index is 13.4. The number of nitrogens with zero attached hydrogens (tertiary/aromatic N) is 2. The van der Waals surface area contributed by atoms with Gasteiger partial charge < -0.3 is 9.14 Å². The van der Waals surface area contributed by atoms with E-state index in [2.05, 4.69) is 20.9 Å². The van der Waals surface area contributed by atoms with Gasteiger partial charge in [0.2, 0.25) is 0 Å². The lowest BCUT2D eigenvalue weighted by molar-refractivity contribution is 0.0846. The molecule has 1 aliphatic rings. The molecule has 1 fully saturated rings. The Morgan fingerprint density at radius 3 is 2.88 bits per heavy atom. The van der Waals surface area contributed by atoms with E-state index in [4.69, 9.17) is 4.74 Å². The van der Waals surface area contributed by atoms with Gasteiger partial charge in [0.15, 0.2) is 0 Å². The van der Waals surface area contributed by atoms with Gasteiger partial charge in [-0.1, -0.05) is 0 Å². The number of hydrogen-bond donors (Lipinski definition) is 0. The molecule has 0 atom stereocenters. The van der Waals surface area contributed by atoms with Crippen molar-refractivity contribution in [2.24, 2.45) is 0 Å². The molecule has 0 radical (unpaired) electrons. The number of hydrogen-bond acceptors (Lipinski definition) is 2. The van der Waals surface area contributed by atoms with E-state index in [0.29, 0.717) is 16.0 Å². The maximum Gasteiger partial charge on any atom is 0.142 e. The summed E-state index contributed by atoms with van der Waals surface area (Å²) in [7, 11) is 0. The molecular weight excluding hydrogens is 287 g/mol. The predicted molar refractivity (Wildman–Crippen MR) is 65.6 cm³/mol. The minimum Gasteiger partial charge on any atom is -0.381 e. The first kappa shape index (κ1) is 11.2. The van der Waals surface area contributed by atoms with Crippen LogP contribution in [0.15, 0.2) is 22.9 Å². The van der Waals surface area contributed by atoms with Gasteiger partial charge in [0, 0.05) is 37.6 Å². The molecule has 17 heavy (non-hydrogen) atoms. The van der Waals surface area contributed by atoms with Crippen molar-refractivity contribution in [3.8, 4) is 0 Å². The third-order valence-corrected chi connectivity index (χ3v) is 3.74. The molecule has 1 aliphatic heterocycles. The number of rotatable bonds is 1. The summed E-state index contributed by atoms with van der Waals surface area (Å²) < 4.78 is 21.0. The van der Waals surface area contributed by atoms with Gasteiger partial charge in [0.05, 0.1) is 10.2 Å². The van der Waals surface area contributed by atoms with Crippen molar-refractivity contribution in [2.75, 3.05) is 13.2 Å². The molecule has 0 aliphatic carbocycles. The fourth-order valence-electron chi connectivity index (χ4n) is 2.19. The Hall–Kier alpha value is -0.940. The minimum atomic E-state index is -0.276. The fourth-order valence-corrected chi connectivity index (χ4v) is 2.53. The summed E-state index contributed by atoms with van der Waals surface area (Å²) in [6, 6.07) is 1.45. The van der Waals surface area contributed by atoms with Gasteiger partial charge in [-0.2, -0.15) is 0 Å². The second-order valence-corrected chi connectivity index (χ2v) is 5.14. The Bertz CT molecular complexity index is 510. The van der Waals surface area contributed by atoms with Crippen molar-refractivity contribution >= 4 is 21.6 Å². The summed E-state index contributed by atoms with van der Waals surface area (Å²) in [6.45, 7) is 1.58. The van der Waals surface area contributed by atoms with E-state index in [0.717, 1.165) is 31.7 Å². The molecule has 2 aromatic heterocycles. The standard InChI is InChI=1S/C12H12BrFN2O/c13-9-6-16-7-11(8-1-3-17-4-2-8)15-12(16)5-10(9)14/h5-8H,1-4H2. The Balaban J connectivity index is 2.00. The van der Waals surface area contributed by atoms with Gasteiger partial charge in [-0.3, -0.25) is 0 Å². The lowest BCUT2D eigenvalue weighted by atomic mass is 9.97. The van der Waals surface area contributed by atoms with Gasteiger partial charge >= 0.3 is 0 Å². The lowest BCUT2D eigenvalue weighted by Crippen LogP contribution is -2.14. The highest BCUT2D eigenvalue weighted by Gasteiger charge is 2.19. The number of aromatic nitrogens is 2. The zero-order valence-electron chi connectivity index (χ0n) is 9.20. The van der Waals surface area contributed by atoms with Crippen molar-refractivity contribution in [3.05, 3.63) is 34.4 Å². The molecule has 0 saturated carbocycles. The zero-order valence-corrected chi connectivity index (χ0v) is 10.8. The van der Waals surface area contributed by atoms with Crippen LogP contribution in [0, 0.1) is 5.82 Å². The molecule has 0 amide bonds. The van der Waals surface area contributed by atoms with Crippen LogP contribution in [0.4, 0.5) is 4.39 Å². The topological polar surface area (TPSA) is 26.5 Å². The largest absolute Gasteiger partial charge is 0.381 e. The molecule has 0 bridgehead atoms. The van der Waals surface area contributed by atoms with E-state index in [-0.39, 0.29) is 5.82 Å². The highest BCUT2D eigenvalue weighted by Crippen LogP contribution is 2.27. The Labute approximate surface area is 107 Å². The summed E-state index contributed by atoms with van der Waals surface area (Å²) in [5.41, 5.74) is 1.69. The Morgan fingerprint density at radius 1 is 1.35 bits per heavy atom. The summed E-state index contributed by atoms with van der Waals surface area (Å²) in [5.74, 6) is 0.159. The number of fused-ring (bicyclic) bond motifs is 1. The van der Waals surface area contributed by atoms with Crippen LogP contribution >= 0.6 is 15.9 Å². The summed E-state index contributed by atoms with van der Waals surface area (Å²) >= 11 is 3.18. The Kier molecular flexibility index (Phi) is 2.88. The molecule has 3 nitrogen and oxygen atoms in total. The number of pyridine rings is 1. The van der Waals surface area contributed by atoms with Crippen molar-refractivity contribution in [3.63, 3.8) is 0 Å². The monoisotopic (exact) mass is 298 g/mol. The SMILES string of the molecule is Fc1cc2nc(C3CCOCC3)cn2cc1Br. The summed E-state index contributed by atoms with van der Waals surface area (Å²) in [5, 5.41) is 0. The van der Waals surface area contributed by atoms with Gasteiger partial charge in [-0.25, -0.2) is 9.37 Å². The van der Waals surface area contributed by atoms with E-state index in [1.165, 1.54) is 6.07 Å². The van der Waals surface area contributed by atoms with Crippen LogP contribution in [0.5, 0.6) is 0 Å².